The van der Waals surface area contributed by atoms with E-state index >= 15 is 0 Å². The summed E-state index contributed by atoms with van der Waals surface area (Å²) in [7, 11) is 0. The molecule has 0 amide bonds. The number of ether oxygens (including phenoxy) is 1. The summed E-state index contributed by atoms with van der Waals surface area (Å²) in [5.74, 6) is 2.87. The van der Waals surface area contributed by atoms with Gasteiger partial charge in [0.15, 0.2) is 0 Å². The normalized spacial score (nSPS) is 47.8. The molecule has 0 aromatic carbocycles. The second-order valence-electron chi connectivity index (χ2n) is 12.7. The summed E-state index contributed by atoms with van der Waals surface area (Å²) in [6.45, 7) is 9.04. The average molecular weight is 456 g/mol. The van der Waals surface area contributed by atoms with E-state index in [1.54, 1.807) is 6.26 Å². The van der Waals surface area contributed by atoms with Crippen LogP contribution in [0.15, 0.2) is 22.8 Å². The first-order valence-corrected chi connectivity index (χ1v) is 14.1. The molecular formula is C29H45NO3. The first kappa shape index (κ1) is 22.6. The number of aliphatic hydroxyl groups is 1. The van der Waals surface area contributed by atoms with Crippen LogP contribution >= 0.6 is 0 Å². The van der Waals surface area contributed by atoms with Gasteiger partial charge in [-0.15, -0.1) is 0 Å². The van der Waals surface area contributed by atoms with Gasteiger partial charge in [-0.1, -0.05) is 26.7 Å². The smallest absolute Gasteiger partial charge is 0.136 e. The van der Waals surface area contributed by atoms with Crippen molar-refractivity contribution in [2.45, 2.75) is 102 Å². The number of hydrogen-bond acceptors (Lipinski definition) is 4. The van der Waals surface area contributed by atoms with Crippen molar-refractivity contribution in [1.82, 2.24) is 4.90 Å². The molecule has 2 unspecified atom stereocenters. The van der Waals surface area contributed by atoms with Crippen molar-refractivity contribution >= 4 is 0 Å². The monoisotopic (exact) mass is 455 g/mol. The molecule has 1 aliphatic heterocycles. The Kier molecular flexibility index (Phi) is 5.55. The molecule has 0 bridgehead atoms. The van der Waals surface area contributed by atoms with E-state index in [0.29, 0.717) is 17.3 Å². The Balaban J connectivity index is 1.32. The zero-order valence-electron chi connectivity index (χ0n) is 21.0. The van der Waals surface area contributed by atoms with Crippen LogP contribution in [0.1, 0.15) is 96.7 Å². The molecule has 33 heavy (non-hydrogen) atoms. The molecule has 0 radical (unpaired) electrons. The molecule has 2 heterocycles. The van der Waals surface area contributed by atoms with Gasteiger partial charge in [0, 0.05) is 12.0 Å². The van der Waals surface area contributed by atoms with Crippen molar-refractivity contribution < 1.29 is 14.3 Å². The molecule has 7 atom stereocenters. The average Bonchev–Trinajstić information content (AvgIpc) is 3.56. The van der Waals surface area contributed by atoms with E-state index in [2.05, 4.69) is 24.8 Å². The van der Waals surface area contributed by atoms with E-state index in [-0.39, 0.29) is 5.41 Å². The molecule has 4 heteroatoms. The van der Waals surface area contributed by atoms with Gasteiger partial charge in [0.2, 0.25) is 0 Å². The molecule has 6 rings (SSSR count). The van der Waals surface area contributed by atoms with Gasteiger partial charge < -0.3 is 19.2 Å². The van der Waals surface area contributed by atoms with Gasteiger partial charge in [0.1, 0.15) is 11.4 Å². The number of hydrogen-bond donors (Lipinski definition) is 1. The molecule has 5 aliphatic rings. The third-order valence-corrected chi connectivity index (χ3v) is 11.8. The third-order valence-electron chi connectivity index (χ3n) is 11.8. The highest BCUT2D eigenvalue weighted by Crippen LogP contribution is 2.72. The highest BCUT2D eigenvalue weighted by atomic mass is 16.5. The lowest BCUT2D eigenvalue weighted by Crippen LogP contribution is -2.64. The molecular weight excluding hydrogens is 410 g/mol. The summed E-state index contributed by atoms with van der Waals surface area (Å²) in [5, 5.41) is 12.7. The molecule has 4 aliphatic carbocycles. The number of rotatable bonds is 5. The Morgan fingerprint density at radius 1 is 0.970 bits per heavy atom. The second kappa shape index (κ2) is 8.10. The summed E-state index contributed by atoms with van der Waals surface area (Å²) in [5.41, 5.74) is -1.06. The van der Waals surface area contributed by atoms with Gasteiger partial charge in [-0.05, 0) is 113 Å². The molecule has 184 valence electrons. The van der Waals surface area contributed by atoms with E-state index in [9.17, 15) is 5.11 Å². The summed E-state index contributed by atoms with van der Waals surface area (Å²) in [6.07, 6.45) is 16.5. The maximum Gasteiger partial charge on any atom is 0.136 e. The fraction of sp³-hybridized carbons (Fsp3) is 0.862. The van der Waals surface area contributed by atoms with Crippen molar-refractivity contribution in [2.24, 2.45) is 28.6 Å². The Hall–Kier alpha value is -0.840. The van der Waals surface area contributed by atoms with Crippen LogP contribution in [0.25, 0.3) is 0 Å². The lowest BCUT2D eigenvalue weighted by molar-refractivity contribution is -0.251. The summed E-state index contributed by atoms with van der Waals surface area (Å²) in [6, 6.07) is 4.11. The minimum absolute atomic E-state index is 0.304. The van der Waals surface area contributed by atoms with Crippen LogP contribution < -0.4 is 0 Å². The maximum atomic E-state index is 12.7. The predicted octanol–water partition coefficient (Wildman–Crippen LogP) is 6.14. The van der Waals surface area contributed by atoms with Crippen LogP contribution in [0.2, 0.25) is 0 Å². The second-order valence-corrected chi connectivity index (χ2v) is 12.7. The van der Waals surface area contributed by atoms with Crippen LogP contribution in [0, 0.1) is 28.6 Å². The van der Waals surface area contributed by atoms with E-state index in [1.165, 1.54) is 70.9 Å². The Bertz CT molecular complexity index is 834. The number of furan rings is 1. The van der Waals surface area contributed by atoms with Gasteiger partial charge >= 0.3 is 0 Å². The molecule has 4 nitrogen and oxygen atoms in total. The summed E-state index contributed by atoms with van der Waals surface area (Å²) < 4.78 is 13.0. The lowest BCUT2D eigenvalue weighted by atomic mass is 9.43. The van der Waals surface area contributed by atoms with Crippen molar-refractivity contribution in [1.29, 1.82) is 0 Å². The molecule has 1 saturated heterocycles. The molecule has 1 N–H and O–H groups in total. The van der Waals surface area contributed by atoms with Gasteiger partial charge in [-0.25, -0.2) is 0 Å². The molecule has 4 saturated carbocycles. The van der Waals surface area contributed by atoms with Gasteiger partial charge in [-0.2, -0.15) is 0 Å². The molecule has 1 aromatic rings. The first-order valence-electron chi connectivity index (χ1n) is 14.1. The Morgan fingerprint density at radius 2 is 1.82 bits per heavy atom. The van der Waals surface area contributed by atoms with E-state index in [1.807, 2.05) is 6.07 Å². The van der Waals surface area contributed by atoms with Crippen molar-refractivity contribution in [3.05, 3.63) is 24.2 Å². The van der Waals surface area contributed by atoms with Crippen LogP contribution in [0.3, 0.4) is 0 Å². The topological polar surface area (TPSA) is 45.8 Å². The van der Waals surface area contributed by atoms with E-state index in [0.717, 1.165) is 44.1 Å². The number of likely N-dealkylation sites (tertiary alicyclic amines) is 1. The van der Waals surface area contributed by atoms with Crippen LogP contribution in [-0.4, -0.2) is 41.8 Å². The molecule has 5 fully saturated rings. The zero-order chi connectivity index (χ0) is 22.7. The predicted molar refractivity (Wildman–Crippen MR) is 130 cm³/mol. The number of fused-ring (bicyclic) bond motifs is 5. The number of nitrogens with zero attached hydrogens (tertiary/aromatic N) is 1. The zero-order valence-corrected chi connectivity index (χ0v) is 21.0. The Morgan fingerprint density at radius 3 is 2.61 bits per heavy atom. The van der Waals surface area contributed by atoms with Crippen molar-refractivity contribution in [2.75, 3.05) is 26.2 Å². The largest absolute Gasteiger partial charge is 0.466 e. The Labute approximate surface area is 200 Å². The minimum Gasteiger partial charge on any atom is -0.466 e. The van der Waals surface area contributed by atoms with E-state index in [4.69, 9.17) is 9.15 Å². The highest BCUT2D eigenvalue weighted by molar-refractivity contribution is 5.28. The van der Waals surface area contributed by atoms with Gasteiger partial charge in [0.05, 0.1) is 18.5 Å². The van der Waals surface area contributed by atoms with Gasteiger partial charge in [0.25, 0.3) is 0 Å². The SMILES string of the molecule is C[C@]12CCCCC1CC[C@@H]1[C@H]2CC[C@]2(C)C(OCCN3CCCC3)(c3ccco3)CC[C@@]12O. The quantitative estimate of drug-likeness (QED) is 0.580. The first-order chi connectivity index (χ1) is 15.9. The lowest BCUT2D eigenvalue weighted by Gasteiger charge is -2.64. The molecule has 0 spiro atoms. The highest BCUT2D eigenvalue weighted by Gasteiger charge is 2.73. The molecule has 1 aromatic heterocycles. The standard InChI is InChI=1S/C29H45NO3/c1-26-13-4-3-8-22(26)10-11-24-23(26)12-14-27(2)28(24,31)15-16-29(27,25-9-7-20-32-25)33-21-19-30-17-5-6-18-30/h7,9,20,22-24,31H,3-6,8,10-19,21H2,1-2H3/t22?,23-,24-,26+,27+,28-,29?/m1/s1. The van der Waals surface area contributed by atoms with Gasteiger partial charge in [-0.3, -0.25) is 0 Å². The summed E-state index contributed by atoms with van der Waals surface area (Å²) in [4.78, 5) is 2.53. The van der Waals surface area contributed by atoms with Crippen molar-refractivity contribution in [3.8, 4) is 0 Å². The van der Waals surface area contributed by atoms with Crippen LogP contribution in [0.5, 0.6) is 0 Å². The third kappa shape index (κ3) is 3.12. The van der Waals surface area contributed by atoms with E-state index < -0.39 is 11.2 Å². The van der Waals surface area contributed by atoms with Crippen LogP contribution in [0.4, 0.5) is 0 Å². The fourth-order valence-corrected chi connectivity index (χ4v) is 9.82. The fourth-order valence-electron chi connectivity index (χ4n) is 9.82. The van der Waals surface area contributed by atoms with Crippen LogP contribution in [-0.2, 0) is 10.3 Å². The minimum atomic E-state index is -0.665. The van der Waals surface area contributed by atoms with Crippen molar-refractivity contribution in [3.63, 3.8) is 0 Å². The summed E-state index contributed by atoms with van der Waals surface area (Å²) >= 11 is 0. The maximum absolute atomic E-state index is 12.7.